The maximum atomic E-state index is 12.2. The van der Waals surface area contributed by atoms with Crippen LogP contribution in [0.15, 0.2) is 0 Å². The van der Waals surface area contributed by atoms with Gasteiger partial charge >= 0.3 is 12.0 Å². The highest BCUT2D eigenvalue weighted by Crippen LogP contribution is 2.23. The zero-order valence-electron chi connectivity index (χ0n) is 11.2. The molecule has 0 bridgehead atoms. The lowest BCUT2D eigenvalue weighted by molar-refractivity contribution is -0.143. The smallest absolute Gasteiger partial charge is 0.320 e. The molecule has 2 atom stereocenters. The molecule has 0 aromatic heterocycles. The first kappa shape index (κ1) is 15.7. The standard InChI is InChI=1S/C12H22N2O5/c1-9-8-10(11(17)18)2-3-14(9)12(19)13(4-6-15)5-7-16/h9-10,15-16H,2-8H2,1H3,(H,17,18). The fourth-order valence-electron chi connectivity index (χ4n) is 2.41. The molecule has 0 radical (unpaired) electrons. The third-order valence-corrected chi connectivity index (χ3v) is 3.48. The first-order chi connectivity index (χ1) is 9.01. The van der Waals surface area contributed by atoms with E-state index in [1.807, 2.05) is 6.92 Å². The summed E-state index contributed by atoms with van der Waals surface area (Å²) in [5, 5.41) is 26.8. The van der Waals surface area contributed by atoms with Crippen molar-refractivity contribution in [2.45, 2.75) is 25.8 Å². The van der Waals surface area contributed by atoms with Crippen molar-refractivity contribution in [3.05, 3.63) is 0 Å². The lowest BCUT2D eigenvalue weighted by Gasteiger charge is -2.39. The van der Waals surface area contributed by atoms with Gasteiger partial charge in [-0.25, -0.2) is 4.79 Å². The average molecular weight is 274 g/mol. The summed E-state index contributed by atoms with van der Waals surface area (Å²) in [6.45, 7) is 2.24. The van der Waals surface area contributed by atoms with Gasteiger partial charge in [-0.3, -0.25) is 4.79 Å². The number of aliphatic hydroxyl groups is 2. The van der Waals surface area contributed by atoms with E-state index in [1.54, 1.807) is 4.90 Å². The SMILES string of the molecule is CC1CC(C(=O)O)CCN1C(=O)N(CCO)CCO. The molecule has 3 N–H and O–H groups in total. The minimum Gasteiger partial charge on any atom is -0.481 e. The highest BCUT2D eigenvalue weighted by molar-refractivity contribution is 5.76. The van der Waals surface area contributed by atoms with E-state index < -0.39 is 11.9 Å². The van der Waals surface area contributed by atoms with E-state index in [9.17, 15) is 9.59 Å². The van der Waals surface area contributed by atoms with Crippen LogP contribution in [0.3, 0.4) is 0 Å². The van der Waals surface area contributed by atoms with Gasteiger partial charge in [-0.05, 0) is 19.8 Å². The van der Waals surface area contributed by atoms with Crippen LogP contribution in [-0.4, -0.2) is 76.0 Å². The third-order valence-electron chi connectivity index (χ3n) is 3.48. The molecule has 0 aromatic carbocycles. The zero-order chi connectivity index (χ0) is 14.4. The summed E-state index contributed by atoms with van der Waals surface area (Å²) in [4.78, 5) is 26.2. The summed E-state index contributed by atoms with van der Waals surface area (Å²) in [5.41, 5.74) is 0. The van der Waals surface area contributed by atoms with Crippen LogP contribution >= 0.6 is 0 Å². The molecule has 1 heterocycles. The Labute approximate surface area is 112 Å². The molecule has 1 saturated heterocycles. The van der Waals surface area contributed by atoms with E-state index in [1.165, 1.54) is 4.90 Å². The maximum absolute atomic E-state index is 12.2. The molecule has 110 valence electrons. The fourth-order valence-corrected chi connectivity index (χ4v) is 2.41. The molecule has 7 nitrogen and oxygen atoms in total. The van der Waals surface area contributed by atoms with E-state index in [-0.39, 0.29) is 38.4 Å². The quantitative estimate of drug-likeness (QED) is 0.632. The highest BCUT2D eigenvalue weighted by Gasteiger charge is 2.33. The van der Waals surface area contributed by atoms with Crippen LogP contribution in [0, 0.1) is 5.92 Å². The van der Waals surface area contributed by atoms with E-state index >= 15 is 0 Å². The van der Waals surface area contributed by atoms with Crippen LogP contribution in [0.4, 0.5) is 4.79 Å². The number of urea groups is 1. The van der Waals surface area contributed by atoms with E-state index in [2.05, 4.69) is 0 Å². The predicted octanol–water partition coefficient (Wildman–Crippen LogP) is -0.422. The Bertz CT molecular complexity index is 317. The van der Waals surface area contributed by atoms with Gasteiger partial charge in [0, 0.05) is 25.7 Å². The van der Waals surface area contributed by atoms with Gasteiger partial charge in [-0.2, -0.15) is 0 Å². The lowest BCUT2D eigenvalue weighted by Crippen LogP contribution is -2.52. The van der Waals surface area contributed by atoms with Gasteiger partial charge in [0.2, 0.25) is 0 Å². The minimum absolute atomic E-state index is 0.151. The zero-order valence-corrected chi connectivity index (χ0v) is 11.2. The highest BCUT2D eigenvalue weighted by atomic mass is 16.4. The Morgan fingerprint density at radius 3 is 2.26 bits per heavy atom. The van der Waals surface area contributed by atoms with E-state index in [0.29, 0.717) is 19.4 Å². The van der Waals surface area contributed by atoms with Crippen molar-refractivity contribution in [2.24, 2.45) is 5.92 Å². The second-order valence-corrected chi connectivity index (χ2v) is 4.82. The number of amides is 2. The number of rotatable bonds is 5. The van der Waals surface area contributed by atoms with Crippen molar-refractivity contribution < 1.29 is 24.9 Å². The van der Waals surface area contributed by atoms with E-state index in [0.717, 1.165) is 0 Å². The molecule has 0 spiro atoms. The number of hydrogen-bond acceptors (Lipinski definition) is 4. The van der Waals surface area contributed by atoms with Crippen LogP contribution in [0.1, 0.15) is 19.8 Å². The number of piperidine rings is 1. The minimum atomic E-state index is -0.818. The molecule has 1 aliphatic rings. The van der Waals surface area contributed by atoms with Crippen molar-refractivity contribution in [3.63, 3.8) is 0 Å². The van der Waals surface area contributed by atoms with Crippen LogP contribution < -0.4 is 0 Å². The summed E-state index contributed by atoms with van der Waals surface area (Å²) < 4.78 is 0. The van der Waals surface area contributed by atoms with Gasteiger partial charge < -0.3 is 25.1 Å². The normalized spacial score (nSPS) is 23.2. The monoisotopic (exact) mass is 274 g/mol. The van der Waals surface area contributed by atoms with Gasteiger partial charge in [0.15, 0.2) is 0 Å². The number of carbonyl (C=O) groups is 2. The Morgan fingerprint density at radius 2 is 1.84 bits per heavy atom. The molecular formula is C12H22N2O5. The molecule has 7 heteroatoms. The molecule has 1 fully saturated rings. The lowest BCUT2D eigenvalue weighted by atomic mass is 9.92. The second-order valence-electron chi connectivity index (χ2n) is 4.82. The summed E-state index contributed by atoms with van der Waals surface area (Å²) in [6.07, 6.45) is 0.880. The van der Waals surface area contributed by atoms with Crippen molar-refractivity contribution >= 4 is 12.0 Å². The van der Waals surface area contributed by atoms with Gasteiger partial charge in [0.05, 0.1) is 19.1 Å². The van der Waals surface area contributed by atoms with Crippen LogP contribution in [0.5, 0.6) is 0 Å². The number of hydrogen-bond donors (Lipinski definition) is 3. The molecule has 0 aliphatic carbocycles. The molecule has 1 aliphatic heterocycles. The third kappa shape index (κ3) is 4.07. The van der Waals surface area contributed by atoms with Crippen molar-refractivity contribution in [3.8, 4) is 0 Å². The Hall–Kier alpha value is -1.34. The molecule has 2 unspecified atom stereocenters. The number of carboxylic acids is 1. The van der Waals surface area contributed by atoms with Crippen LogP contribution in [0.2, 0.25) is 0 Å². The largest absolute Gasteiger partial charge is 0.481 e. The molecule has 2 amide bonds. The maximum Gasteiger partial charge on any atom is 0.320 e. The number of likely N-dealkylation sites (tertiary alicyclic amines) is 1. The number of aliphatic carboxylic acids is 1. The van der Waals surface area contributed by atoms with Crippen LogP contribution in [-0.2, 0) is 4.79 Å². The number of aliphatic hydroxyl groups excluding tert-OH is 2. The van der Waals surface area contributed by atoms with Gasteiger partial charge in [0.25, 0.3) is 0 Å². The molecule has 19 heavy (non-hydrogen) atoms. The molecule has 0 saturated carbocycles. The second kappa shape index (κ2) is 7.30. The summed E-state index contributed by atoms with van der Waals surface area (Å²) in [7, 11) is 0. The van der Waals surface area contributed by atoms with Gasteiger partial charge in [0.1, 0.15) is 0 Å². The van der Waals surface area contributed by atoms with E-state index in [4.69, 9.17) is 15.3 Å². The fraction of sp³-hybridized carbons (Fsp3) is 0.833. The Morgan fingerprint density at radius 1 is 1.26 bits per heavy atom. The molecular weight excluding hydrogens is 252 g/mol. The first-order valence-corrected chi connectivity index (χ1v) is 6.51. The Kier molecular flexibility index (Phi) is 6.04. The van der Waals surface area contributed by atoms with Gasteiger partial charge in [-0.1, -0.05) is 0 Å². The summed E-state index contributed by atoms with van der Waals surface area (Å²) in [5.74, 6) is -1.22. The first-order valence-electron chi connectivity index (χ1n) is 6.51. The number of nitrogens with zero attached hydrogens (tertiary/aromatic N) is 2. The van der Waals surface area contributed by atoms with Crippen molar-refractivity contribution in [1.82, 2.24) is 9.80 Å². The summed E-state index contributed by atoms with van der Waals surface area (Å²) in [6, 6.07) is -0.401. The molecule has 1 rings (SSSR count). The Balaban J connectivity index is 2.63. The number of carboxylic acid groups (broad SMARTS) is 1. The van der Waals surface area contributed by atoms with Crippen molar-refractivity contribution in [1.29, 1.82) is 0 Å². The van der Waals surface area contributed by atoms with Crippen molar-refractivity contribution in [2.75, 3.05) is 32.8 Å². The van der Waals surface area contributed by atoms with Crippen LogP contribution in [0.25, 0.3) is 0 Å². The topological polar surface area (TPSA) is 101 Å². The molecule has 0 aromatic rings. The number of carbonyl (C=O) groups excluding carboxylic acids is 1. The average Bonchev–Trinajstić information content (AvgIpc) is 2.37. The van der Waals surface area contributed by atoms with Gasteiger partial charge in [-0.15, -0.1) is 0 Å². The summed E-state index contributed by atoms with van der Waals surface area (Å²) >= 11 is 0. The predicted molar refractivity (Wildman–Crippen MR) is 67.7 cm³/mol.